The van der Waals surface area contributed by atoms with Crippen LogP contribution in [0.4, 0.5) is 10.1 Å². The molecule has 0 saturated carbocycles. The molecule has 152 valence electrons. The lowest BCUT2D eigenvalue weighted by Crippen LogP contribution is -2.18. The summed E-state index contributed by atoms with van der Waals surface area (Å²) in [7, 11) is 0. The van der Waals surface area contributed by atoms with Gasteiger partial charge < -0.3 is 10.4 Å². The van der Waals surface area contributed by atoms with Crippen molar-refractivity contribution in [2.75, 3.05) is 5.32 Å². The zero-order valence-corrected chi connectivity index (χ0v) is 17.5. The van der Waals surface area contributed by atoms with Crippen molar-refractivity contribution in [3.8, 4) is 5.75 Å². The molecular formula is C21H14BrClFN3O3. The van der Waals surface area contributed by atoms with Crippen LogP contribution in [-0.4, -0.2) is 23.1 Å². The molecule has 0 fully saturated rings. The van der Waals surface area contributed by atoms with Crippen molar-refractivity contribution < 1.29 is 19.1 Å². The van der Waals surface area contributed by atoms with Crippen molar-refractivity contribution in [3.63, 3.8) is 0 Å². The van der Waals surface area contributed by atoms with Crippen LogP contribution in [0.1, 0.15) is 26.3 Å². The first-order chi connectivity index (χ1) is 14.3. The van der Waals surface area contributed by atoms with Crippen molar-refractivity contribution in [3.05, 3.63) is 92.7 Å². The highest BCUT2D eigenvalue weighted by Gasteiger charge is 2.09. The smallest absolute Gasteiger partial charge is 0.271 e. The number of benzene rings is 3. The first-order valence-corrected chi connectivity index (χ1v) is 9.69. The number of rotatable bonds is 5. The molecule has 0 bridgehead atoms. The van der Waals surface area contributed by atoms with Crippen molar-refractivity contribution in [1.82, 2.24) is 5.43 Å². The van der Waals surface area contributed by atoms with Crippen molar-refractivity contribution in [2.45, 2.75) is 0 Å². The summed E-state index contributed by atoms with van der Waals surface area (Å²) in [5.41, 5.74) is 3.76. The number of hydrazone groups is 1. The monoisotopic (exact) mass is 489 g/mol. The Hall–Kier alpha value is -3.23. The Morgan fingerprint density at radius 3 is 2.27 bits per heavy atom. The summed E-state index contributed by atoms with van der Waals surface area (Å²) >= 11 is 9.09. The molecule has 0 aromatic heterocycles. The maximum Gasteiger partial charge on any atom is 0.271 e. The quantitative estimate of drug-likeness (QED) is 0.349. The molecule has 0 heterocycles. The van der Waals surface area contributed by atoms with Crippen LogP contribution in [0.3, 0.4) is 0 Å². The minimum absolute atomic E-state index is 0.0568. The number of carbonyl (C=O) groups excluding carboxylic acids is 2. The zero-order valence-electron chi connectivity index (χ0n) is 15.2. The second kappa shape index (κ2) is 9.51. The van der Waals surface area contributed by atoms with Gasteiger partial charge in [0.2, 0.25) is 0 Å². The first-order valence-electron chi connectivity index (χ1n) is 8.52. The number of hydrogen-bond acceptors (Lipinski definition) is 4. The Labute approximate surface area is 184 Å². The second-order valence-electron chi connectivity index (χ2n) is 6.06. The van der Waals surface area contributed by atoms with E-state index in [2.05, 4.69) is 31.8 Å². The van der Waals surface area contributed by atoms with Crippen LogP contribution in [-0.2, 0) is 0 Å². The Morgan fingerprint density at radius 1 is 1.00 bits per heavy atom. The third-order valence-corrected chi connectivity index (χ3v) is 4.76. The van der Waals surface area contributed by atoms with Crippen LogP contribution in [0.2, 0.25) is 5.02 Å². The van der Waals surface area contributed by atoms with Gasteiger partial charge in [-0.05, 0) is 76.6 Å². The normalized spacial score (nSPS) is 10.8. The van der Waals surface area contributed by atoms with Gasteiger partial charge in [0.15, 0.2) is 0 Å². The molecule has 9 heteroatoms. The van der Waals surface area contributed by atoms with E-state index in [4.69, 9.17) is 11.6 Å². The maximum absolute atomic E-state index is 12.9. The molecule has 0 atom stereocenters. The molecule has 6 nitrogen and oxygen atoms in total. The fourth-order valence-electron chi connectivity index (χ4n) is 2.42. The van der Waals surface area contributed by atoms with E-state index >= 15 is 0 Å². The predicted octanol–water partition coefficient (Wildman–Crippen LogP) is 4.96. The molecule has 0 aliphatic carbocycles. The van der Waals surface area contributed by atoms with E-state index in [0.717, 1.165) is 0 Å². The zero-order chi connectivity index (χ0) is 21.7. The number of anilines is 1. The number of halogens is 3. The Balaban J connectivity index is 1.61. The SMILES string of the molecule is O=C(N/N=C\c1cc(Cl)cc(Br)c1O)c1ccc(NC(=O)c2ccc(F)cc2)cc1. The van der Waals surface area contributed by atoms with Gasteiger partial charge in [-0.15, -0.1) is 0 Å². The molecule has 3 rings (SSSR count). The van der Waals surface area contributed by atoms with Gasteiger partial charge in [-0.1, -0.05) is 11.6 Å². The third-order valence-electron chi connectivity index (χ3n) is 3.94. The van der Waals surface area contributed by atoms with Crippen LogP contribution in [0.25, 0.3) is 0 Å². The van der Waals surface area contributed by atoms with Gasteiger partial charge in [0.05, 0.1) is 10.7 Å². The molecule has 3 N–H and O–H groups in total. The predicted molar refractivity (Wildman–Crippen MR) is 117 cm³/mol. The first kappa shape index (κ1) is 21.5. The molecular weight excluding hydrogens is 477 g/mol. The number of amides is 2. The Kier molecular flexibility index (Phi) is 6.81. The molecule has 30 heavy (non-hydrogen) atoms. The minimum atomic E-state index is -0.483. The summed E-state index contributed by atoms with van der Waals surface area (Å²) in [6, 6.07) is 14.3. The number of nitrogens with one attached hydrogen (secondary N) is 2. The minimum Gasteiger partial charge on any atom is -0.506 e. The van der Waals surface area contributed by atoms with Gasteiger partial charge in [-0.2, -0.15) is 5.10 Å². The largest absolute Gasteiger partial charge is 0.506 e. The van der Waals surface area contributed by atoms with Gasteiger partial charge in [0.1, 0.15) is 11.6 Å². The summed E-state index contributed by atoms with van der Waals surface area (Å²) < 4.78 is 13.3. The molecule has 0 saturated heterocycles. The summed E-state index contributed by atoms with van der Waals surface area (Å²) in [5.74, 6) is -1.37. The van der Waals surface area contributed by atoms with Crippen LogP contribution in [0.15, 0.2) is 70.2 Å². The highest BCUT2D eigenvalue weighted by Crippen LogP contribution is 2.30. The number of carbonyl (C=O) groups is 2. The molecule has 0 aliphatic heterocycles. The number of nitrogens with zero attached hydrogens (tertiary/aromatic N) is 1. The van der Waals surface area contributed by atoms with Gasteiger partial charge in [0, 0.05) is 27.4 Å². The van der Waals surface area contributed by atoms with Gasteiger partial charge >= 0.3 is 0 Å². The van der Waals surface area contributed by atoms with Crippen molar-refractivity contribution in [2.24, 2.45) is 5.10 Å². The summed E-state index contributed by atoms with van der Waals surface area (Å²) in [6.45, 7) is 0. The van der Waals surface area contributed by atoms with Gasteiger partial charge in [-0.3, -0.25) is 9.59 Å². The second-order valence-corrected chi connectivity index (χ2v) is 7.35. The van der Waals surface area contributed by atoms with E-state index in [1.54, 1.807) is 12.1 Å². The highest BCUT2D eigenvalue weighted by atomic mass is 79.9. The van der Waals surface area contributed by atoms with E-state index in [1.807, 2.05) is 0 Å². The Morgan fingerprint density at radius 2 is 1.60 bits per heavy atom. The molecule has 0 radical (unpaired) electrons. The molecule has 3 aromatic carbocycles. The van der Waals surface area contributed by atoms with E-state index in [0.29, 0.717) is 31.9 Å². The third kappa shape index (κ3) is 5.43. The van der Waals surface area contributed by atoms with E-state index in [-0.39, 0.29) is 5.75 Å². The summed E-state index contributed by atoms with van der Waals surface area (Å²) in [5, 5.41) is 16.8. The standard InChI is InChI=1S/C21H14BrClFN3O3/c22-18-10-15(23)9-14(19(18)28)11-25-27-21(30)13-3-7-17(8-4-13)26-20(29)12-1-5-16(24)6-2-12/h1-11,28H,(H,26,29)(H,27,30)/b25-11-. The van der Waals surface area contributed by atoms with Gasteiger partial charge in [-0.25, -0.2) is 9.82 Å². The van der Waals surface area contributed by atoms with E-state index in [9.17, 15) is 19.1 Å². The van der Waals surface area contributed by atoms with Crippen LogP contribution < -0.4 is 10.7 Å². The highest BCUT2D eigenvalue weighted by molar-refractivity contribution is 9.10. The molecule has 0 unspecified atom stereocenters. The van der Waals surface area contributed by atoms with Crippen molar-refractivity contribution in [1.29, 1.82) is 0 Å². The molecule has 0 spiro atoms. The average molecular weight is 491 g/mol. The molecule has 0 aliphatic rings. The van der Waals surface area contributed by atoms with Crippen LogP contribution in [0, 0.1) is 5.82 Å². The van der Waals surface area contributed by atoms with Crippen LogP contribution in [0.5, 0.6) is 5.75 Å². The number of phenolic OH excluding ortho intramolecular Hbond substituents is 1. The average Bonchev–Trinajstić information content (AvgIpc) is 2.72. The van der Waals surface area contributed by atoms with E-state index in [1.165, 1.54) is 54.7 Å². The maximum atomic E-state index is 12.9. The van der Waals surface area contributed by atoms with E-state index < -0.39 is 17.6 Å². The Bertz CT molecular complexity index is 1120. The summed E-state index contributed by atoms with van der Waals surface area (Å²) in [4.78, 5) is 24.3. The fourth-order valence-corrected chi connectivity index (χ4v) is 3.25. The molecule has 2 amide bonds. The number of phenols is 1. The lowest BCUT2D eigenvalue weighted by Gasteiger charge is -2.06. The topological polar surface area (TPSA) is 90.8 Å². The van der Waals surface area contributed by atoms with Crippen molar-refractivity contribution >= 4 is 51.2 Å². The number of hydrogen-bond donors (Lipinski definition) is 3. The number of aromatic hydroxyl groups is 1. The molecule has 3 aromatic rings. The van der Waals surface area contributed by atoms with Crippen LogP contribution >= 0.6 is 27.5 Å². The fraction of sp³-hybridized carbons (Fsp3) is 0. The lowest BCUT2D eigenvalue weighted by atomic mass is 10.1. The van der Waals surface area contributed by atoms with Gasteiger partial charge in [0.25, 0.3) is 11.8 Å². The lowest BCUT2D eigenvalue weighted by molar-refractivity contribution is 0.0954. The summed E-state index contributed by atoms with van der Waals surface area (Å²) in [6.07, 6.45) is 1.27.